The quantitative estimate of drug-likeness (QED) is 0.186. The lowest BCUT2D eigenvalue weighted by atomic mass is 10.2. The summed E-state index contributed by atoms with van der Waals surface area (Å²) in [5, 5.41) is 4.52. The largest absolute Gasteiger partial charge is 0.493 e. The minimum Gasteiger partial charge on any atom is -0.493 e. The number of rotatable bonds is 8. The van der Waals surface area contributed by atoms with Crippen LogP contribution in [0.4, 0.5) is 0 Å². The second-order valence-corrected chi connectivity index (χ2v) is 8.11. The van der Waals surface area contributed by atoms with Gasteiger partial charge in [0.25, 0.3) is 5.91 Å². The molecule has 0 aliphatic carbocycles. The van der Waals surface area contributed by atoms with Gasteiger partial charge in [0.2, 0.25) is 0 Å². The maximum Gasteiger partial charge on any atom is 0.343 e. The van der Waals surface area contributed by atoms with Crippen LogP contribution in [0.25, 0.3) is 0 Å². The first kappa shape index (κ1) is 24.3. The SMILES string of the molecule is COc1cc(C=NNC(=O)C(C)Oc2ccc(Cl)cc2)ccc1OC(=O)c1cccc(Br)c1. The van der Waals surface area contributed by atoms with Crippen molar-refractivity contribution >= 4 is 45.6 Å². The number of halogens is 2. The zero-order valence-electron chi connectivity index (χ0n) is 17.7. The molecule has 0 aliphatic rings. The number of nitrogens with one attached hydrogen (secondary N) is 1. The molecule has 0 aliphatic heterocycles. The molecule has 7 nitrogen and oxygen atoms in total. The molecular formula is C24H20BrClN2O5. The van der Waals surface area contributed by atoms with Gasteiger partial charge in [0.05, 0.1) is 18.9 Å². The molecular weight excluding hydrogens is 512 g/mol. The smallest absolute Gasteiger partial charge is 0.343 e. The molecule has 0 fully saturated rings. The number of hydrogen-bond acceptors (Lipinski definition) is 6. The van der Waals surface area contributed by atoms with E-state index < -0.39 is 18.0 Å². The third-order valence-electron chi connectivity index (χ3n) is 4.33. The molecule has 0 saturated carbocycles. The zero-order chi connectivity index (χ0) is 23.8. The number of benzene rings is 3. The van der Waals surface area contributed by atoms with Crippen molar-refractivity contribution in [1.29, 1.82) is 0 Å². The lowest BCUT2D eigenvalue weighted by Crippen LogP contribution is -2.33. The van der Waals surface area contributed by atoms with Gasteiger partial charge in [0.1, 0.15) is 5.75 Å². The van der Waals surface area contributed by atoms with Gasteiger partial charge < -0.3 is 14.2 Å². The van der Waals surface area contributed by atoms with Gasteiger partial charge in [-0.05, 0) is 73.2 Å². The second-order valence-electron chi connectivity index (χ2n) is 6.76. The summed E-state index contributed by atoms with van der Waals surface area (Å²) >= 11 is 9.16. The number of hydrogen-bond donors (Lipinski definition) is 1. The van der Waals surface area contributed by atoms with Gasteiger partial charge >= 0.3 is 5.97 Å². The molecule has 1 atom stereocenters. The number of esters is 1. The fourth-order valence-corrected chi connectivity index (χ4v) is 3.18. The van der Waals surface area contributed by atoms with Gasteiger partial charge in [-0.2, -0.15) is 5.10 Å². The highest BCUT2D eigenvalue weighted by molar-refractivity contribution is 9.10. The number of ether oxygens (including phenoxy) is 3. The van der Waals surface area contributed by atoms with Gasteiger partial charge in [-0.15, -0.1) is 0 Å². The van der Waals surface area contributed by atoms with Crippen LogP contribution in [-0.2, 0) is 4.79 Å². The van der Waals surface area contributed by atoms with Crippen LogP contribution in [0, 0.1) is 0 Å². The number of hydrazone groups is 1. The molecule has 0 aromatic heterocycles. The molecule has 0 radical (unpaired) electrons. The van der Waals surface area contributed by atoms with Crippen molar-refractivity contribution < 1.29 is 23.8 Å². The zero-order valence-corrected chi connectivity index (χ0v) is 20.1. The summed E-state index contributed by atoms with van der Waals surface area (Å²) in [6.45, 7) is 1.61. The third kappa shape index (κ3) is 7.06. The number of methoxy groups -OCH3 is 1. The Balaban J connectivity index is 1.60. The van der Waals surface area contributed by atoms with E-state index in [9.17, 15) is 9.59 Å². The number of carbonyl (C=O) groups is 2. The molecule has 0 spiro atoms. The normalized spacial score (nSPS) is 11.6. The Labute approximate surface area is 204 Å². The molecule has 1 amide bonds. The van der Waals surface area contributed by atoms with Crippen molar-refractivity contribution in [1.82, 2.24) is 5.43 Å². The minimum absolute atomic E-state index is 0.258. The average molecular weight is 532 g/mol. The minimum atomic E-state index is -0.766. The van der Waals surface area contributed by atoms with Crippen molar-refractivity contribution in [2.45, 2.75) is 13.0 Å². The predicted octanol–water partition coefficient (Wildman–Crippen LogP) is 5.25. The van der Waals surface area contributed by atoms with E-state index in [-0.39, 0.29) is 5.75 Å². The number of amides is 1. The van der Waals surface area contributed by atoms with Crippen LogP contribution in [0.3, 0.4) is 0 Å². The van der Waals surface area contributed by atoms with Crippen molar-refractivity contribution in [3.63, 3.8) is 0 Å². The van der Waals surface area contributed by atoms with Gasteiger partial charge in [0.15, 0.2) is 17.6 Å². The topological polar surface area (TPSA) is 86.2 Å². The fraction of sp³-hybridized carbons (Fsp3) is 0.125. The lowest BCUT2D eigenvalue weighted by molar-refractivity contribution is -0.127. The summed E-state index contributed by atoms with van der Waals surface area (Å²) in [5.74, 6) is 0.177. The molecule has 0 saturated heterocycles. The Kier molecular flexibility index (Phi) is 8.46. The molecule has 0 bridgehead atoms. The first-order chi connectivity index (χ1) is 15.9. The monoisotopic (exact) mass is 530 g/mol. The molecule has 0 heterocycles. The predicted molar refractivity (Wildman–Crippen MR) is 129 cm³/mol. The Morgan fingerprint density at radius 3 is 2.52 bits per heavy atom. The molecule has 9 heteroatoms. The standard InChI is InChI=1S/C24H20BrClN2O5/c1-15(32-20-9-7-19(26)8-10-20)23(29)28-27-14-16-6-11-21(22(12-16)31-2)33-24(30)17-4-3-5-18(25)13-17/h3-15H,1-2H3,(H,28,29). The molecule has 33 heavy (non-hydrogen) atoms. The summed E-state index contributed by atoms with van der Waals surface area (Å²) in [6.07, 6.45) is 0.674. The molecule has 1 unspecified atom stereocenters. The summed E-state index contributed by atoms with van der Waals surface area (Å²) in [5.41, 5.74) is 3.45. The van der Waals surface area contributed by atoms with Crippen LogP contribution in [-0.4, -0.2) is 31.3 Å². The van der Waals surface area contributed by atoms with E-state index in [2.05, 4.69) is 26.5 Å². The lowest BCUT2D eigenvalue weighted by Gasteiger charge is -2.13. The van der Waals surface area contributed by atoms with Crippen LogP contribution in [0.1, 0.15) is 22.8 Å². The van der Waals surface area contributed by atoms with Crippen molar-refractivity contribution in [2.24, 2.45) is 5.10 Å². The summed E-state index contributed by atoms with van der Waals surface area (Å²) < 4.78 is 17.1. The van der Waals surface area contributed by atoms with E-state index in [1.54, 1.807) is 67.6 Å². The van der Waals surface area contributed by atoms with Crippen molar-refractivity contribution in [3.05, 3.63) is 87.4 Å². The number of carbonyl (C=O) groups excluding carboxylic acids is 2. The van der Waals surface area contributed by atoms with E-state index in [1.165, 1.54) is 13.3 Å². The van der Waals surface area contributed by atoms with Gasteiger partial charge in [-0.25, -0.2) is 10.2 Å². The molecule has 1 N–H and O–H groups in total. The third-order valence-corrected chi connectivity index (χ3v) is 5.08. The Morgan fingerprint density at radius 1 is 1.06 bits per heavy atom. The van der Waals surface area contributed by atoms with Crippen LogP contribution < -0.4 is 19.6 Å². The van der Waals surface area contributed by atoms with E-state index in [4.69, 9.17) is 25.8 Å². The Hall–Kier alpha value is -3.36. The van der Waals surface area contributed by atoms with Gasteiger partial charge in [-0.1, -0.05) is 33.6 Å². The second kappa shape index (κ2) is 11.5. The van der Waals surface area contributed by atoms with Crippen LogP contribution in [0.5, 0.6) is 17.2 Å². The van der Waals surface area contributed by atoms with E-state index in [0.717, 1.165) is 4.47 Å². The van der Waals surface area contributed by atoms with Gasteiger partial charge in [-0.3, -0.25) is 4.79 Å². The van der Waals surface area contributed by atoms with Crippen LogP contribution >= 0.6 is 27.5 Å². The average Bonchev–Trinajstić information content (AvgIpc) is 2.81. The summed E-state index contributed by atoms with van der Waals surface area (Å²) in [4.78, 5) is 24.6. The van der Waals surface area contributed by atoms with Crippen LogP contribution in [0.15, 0.2) is 76.3 Å². The molecule has 170 valence electrons. The highest BCUT2D eigenvalue weighted by Crippen LogP contribution is 2.28. The highest BCUT2D eigenvalue weighted by Gasteiger charge is 2.15. The first-order valence-corrected chi connectivity index (χ1v) is 10.9. The van der Waals surface area contributed by atoms with E-state index in [1.807, 2.05) is 6.07 Å². The van der Waals surface area contributed by atoms with Crippen molar-refractivity contribution in [2.75, 3.05) is 7.11 Å². The Morgan fingerprint density at radius 2 is 1.82 bits per heavy atom. The number of nitrogens with zero attached hydrogens (tertiary/aromatic N) is 1. The van der Waals surface area contributed by atoms with Gasteiger partial charge in [0, 0.05) is 9.50 Å². The maximum atomic E-state index is 12.4. The summed E-state index contributed by atoms with van der Waals surface area (Å²) in [7, 11) is 1.46. The highest BCUT2D eigenvalue weighted by atomic mass is 79.9. The van der Waals surface area contributed by atoms with E-state index in [0.29, 0.717) is 27.6 Å². The molecule has 3 aromatic carbocycles. The Bertz CT molecular complexity index is 1170. The van der Waals surface area contributed by atoms with Crippen LogP contribution in [0.2, 0.25) is 5.02 Å². The molecule has 3 aromatic rings. The molecule has 3 rings (SSSR count). The van der Waals surface area contributed by atoms with Crippen molar-refractivity contribution in [3.8, 4) is 17.2 Å². The van der Waals surface area contributed by atoms with E-state index >= 15 is 0 Å². The maximum absolute atomic E-state index is 12.4. The first-order valence-electron chi connectivity index (χ1n) is 9.76. The summed E-state index contributed by atoms with van der Waals surface area (Å²) in [6, 6.07) is 18.5. The fourth-order valence-electron chi connectivity index (χ4n) is 2.66.